The lowest BCUT2D eigenvalue weighted by atomic mass is 10.4. The van der Waals surface area contributed by atoms with Gasteiger partial charge in [0.05, 0.1) is 0 Å². The van der Waals surface area contributed by atoms with Crippen molar-refractivity contribution in [2.24, 2.45) is 5.10 Å². The van der Waals surface area contributed by atoms with Gasteiger partial charge in [0.25, 0.3) is 0 Å². The van der Waals surface area contributed by atoms with Crippen LogP contribution in [0.4, 0.5) is 0 Å². The molecule has 0 fully saturated rings. The Kier molecular flexibility index (Phi) is 0.759. The average Bonchev–Trinajstić information content (AvgIpc) is 1.86. The first kappa shape index (κ1) is 3.61. The largest absolute Gasteiger partial charge is 0.372 e. The smallest absolute Gasteiger partial charge is 0.144 e. The van der Waals surface area contributed by atoms with Gasteiger partial charge in [-0.1, -0.05) is 0 Å². The Balaban J connectivity index is 2.32. The zero-order valence-electron chi connectivity index (χ0n) is 3.26. The van der Waals surface area contributed by atoms with Gasteiger partial charge in [-0.25, -0.2) is 0 Å². The van der Waals surface area contributed by atoms with Crippen LogP contribution in [0, 0.1) is 0 Å². The van der Waals surface area contributed by atoms with Gasteiger partial charge < -0.3 is 5.11 Å². The van der Waals surface area contributed by atoms with E-state index in [1.165, 1.54) is 0 Å². The fourth-order valence-corrected chi connectivity index (χ4v) is 0.344. The lowest BCUT2D eigenvalue weighted by Crippen LogP contribution is -2.16. The number of hydrogen-bond acceptors (Lipinski definition) is 3. The van der Waals surface area contributed by atoms with Crippen molar-refractivity contribution in [2.45, 2.75) is 12.6 Å². The lowest BCUT2D eigenvalue weighted by molar-refractivity contribution is 0.158. The van der Waals surface area contributed by atoms with Crippen molar-refractivity contribution in [1.29, 1.82) is 0 Å². The van der Waals surface area contributed by atoms with Crippen LogP contribution < -0.4 is 5.43 Å². The highest BCUT2D eigenvalue weighted by Gasteiger charge is 2.01. The first-order chi connectivity index (χ1) is 2.89. The third-order valence-electron chi connectivity index (χ3n) is 0.644. The third kappa shape index (κ3) is 0.490. The fraction of sp³-hybridized carbons (Fsp3) is 0.667. The zero-order chi connectivity index (χ0) is 4.41. The molecule has 1 atom stereocenters. The molecule has 1 rings (SSSR count). The minimum Gasteiger partial charge on any atom is -0.372 e. The molecule has 1 aliphatic heterocycles. The van der Waals surface area contributed by atoms with Crippen molar-refractivity contribution >= 4 is 6.21 Å². The van der Waals surface area contributed by atoms with Gasteiger partial charge in [0.2, 0.25) is 0 Å². The number of nitrogens with one attached hydrogen (secondary N) is 1. The number of nitrogens with zero attached hydrogens (tertiary/aromatic N) is 1. The van der Waals surface area contributed by atoms with E-state index in [4.69, 9.17) is 5.11 Å². The molecule has 1 unspecified atom stereocenters. The second-order valence-electron chi connectivity index (χ2n) is 1.19. The number of hydrogen-bond donors (Lipinski definition) is 2. The van der Waals surface area contributed by atoms with Gasteiger partial charge in [-0.15, -0.1) is 0 Å². The standard InChI is InChI=1S/C3H6N2O/c6-3-1-2-4-5-3/h2-3,5-6H,1H2. The van der Waals surface area contributed by atoms with E-state index >= 15 is 0 Å². The highest BCUT2D eigenvalue weighted by molar-refractivity contribution is 5.59. The molecule has 0 saturated carbocycles. The SMILES string of the molecule is OC1CC=NN1. The highest BCUT2D eigenvalue weighted by Crippen LogP contribution is 1.87. The minimum absolute atomic E-state index is 0.426. The molecular weight excluding hydrogens is 80.0 g/mol. The molecule has 1 aliphatic rings. The van der Waals surface area contributed by atoms with E-state index in [9.17, 15) is 0 Å². The molecule has 3 heteroatoms. The molecule has 0 aromatic rings. The average molecular weight is 86.1 g/mol. The van der Waals surface area contributed by atoms with Gasteiger partial charge in [0.15, 0.2) is 0 Å². The summed E-state index contributed by atoms with van der Waals surface area (Å²) in [5.74, 6) is 0. The van der Waals surface area contributed by atoms with E-state index in [0.29, 0.717) is 6.42 Å². The summed E-state index contributed by atoms with van der Waals surface area (Å²) in [5, 5.41) is 12.0. The zero-order valence-corrected chi connectivity index (χ0v) is 3.26. The summed E-state index contributed by atoms with van der Waals surface area (Å²) in [7, 11) is 0. The van der Waals surface area contributed by atoms with Gasteiger partial charge in [-0.3, -0.25) is 5.43 Å². The molecule has 0 saturated heterocycles. The van der Waals surface area contributed by atoms with Gasteiger partial charge in [-0.05, 0) is 0 Å². The number of rotatable bonds is 0. The van der Waals surface area contributed by atoms with Crippen LogP contribution >= 0.6 is 0 Å². The first-order valence-electron chi connectivity index (χ1n) is 1.85. The molecule has 0 aromatic carbocycles. The second-order valence-corrected chi connectivity index (χ2v) is 1.19. The van der Waals surface area contributed by atoms with E-state index in [0.717, 1.165) is 0 Å². The maximum Gasteiger partial charge on any atom is 0.144 e. The summed E-state index contributed by atoms with van der Waals surface area (Å²) in [6.07, 6.45) is 1.86. The van der Waals surface area contributed by atoms with Crippen molar-refractivity contribution in [1.82, 2.24) is 5.43 Å². The molecule has 1 heterocycles. The number of aliphatic hydroxyl groups is 1. The number of hydrazone groups is 1. The minimum atomic E-state index is -0.426. The van der Waals surface area contributed by atoms with E-state index in [-0.39, 0.29) is 0 Å². The summed E-state index contributed by atoms with van der Waals surface area (Å²) < 4.78 is 0. The summed E-state index contributed by atoms with van der Waals surface area (Å²) in [5.41, 5.74) is 2.44. The van der Waals surface area contributed by atoms with E-state index in [2.05, 4.69) is 10.5 Å². The van der Waals surface area contributed by atoms with Crippen molar-refractivity contribution in [2.75, 3.05) is 0 Å². The molecule has 0 bridgehead atoms. The monoisotopic (exact) mass is 86.0 g/mol. The Morgan fingerprint density at radius 3 is 3.00 bits per heavy atom. The van der Waals surface area contributed by atoms with Crippen LogP contribution in [-0.4, -0.2) is 17.5 Å². The van der Waals surface area contributed by atoms with Crippen LogP contribution in [0.15, 0.2) is 5.10 Å². The Hall–Kier alpha value is -0.570. The summed E-state index contributed by atoms with van der Waals surface area (Å²) in [4.78, 5) is 0. The van der Waals surface area contributed by atoms with Gasteiger partial charge in [0.1, 0.15) is 6.23 Å². The molecule has 0 radical (unpaired) electrons. The maximum atomic E-state index is 8.49. The molecule has 6 heavy (non-hydrogen) atoms. The van der Waals surface area contributed by atoms with Crippen LogP contribution in [0.2, 0.25) is 0 Å². The van der Waals surface area contributed by atoms with Crippen molar-refractivity contribution in [3.8, 4) is 0 Å². The predicted octanol–water partition coefficient (Wildman–Crippen LogP) is -0.716. The predicted molar refractivity (Wildman–Crippen MR) is 22.3 cm³/mol. The Bertz CT molecular complexity index is 63.2. The Labute approximate surface area is 35.7 Å². The maximum absolute atomic E-state index is 8.49. The third-order valence-corrected chi connectivity index (χ3v) is 0.644. The lowest BCUT2D eigenvalue weighted by Gasteiger charge is -1.94. The van der Waals surface area contributed by atoms with Crippen molar-refractivity contribution < 1.29 is 5.11 Å². The van der Waals surface area contributed by atoms with E-state index in [1.54, 1.807) is 6.21 Å². The molecule has 3 nitrogen and oxygen atoms in total. The molecule has 0 amide bonds. The van der Waals surface area contributed by atoms with Crippen LogP contribution in [-0.2, 0) is 0 Å². The van der Waals surface area contributed by atoms with Crippen LogP contribution in [0.1, 0.15) is 6.42 Å². The molecule has 0 spiro atoms. The Morgan fingerprint density at radius 1 is 2.00 bits per heavy atom. The molecule has 2 N–H and O–H groups in total. The topological polar surface area (TPSA) is 44.6 Å². The molecule has 34 valence electrons. The van der Waals surface area contributed by atoms with E-state index in [1.807, 2.05) is 0 Å². The quantitative estimate of drug-likeness (QED) is 0.409. The van der Waals surface area contributed by atoms with Crippen molar-refractivity contribution in [3.63, 3.8) is 0 Å². The molecule has 0 aliphatic carbocycles. The van der Waals surface area contributed by atoms with Crippen molar-refractivity contribution in [3.05, 3.63) is 0 Å². The summed E-state index contributed by atoms with van der Waals surface area (Å²) >= 11 is 0. The first-order valence-corrected chi connectivity index (χ1v) is 1.85. The van der Waals surface area contributed by atoms with Gasteiger partial charge >= 0.3 is 0 Å². The molecular formula is C3H6N2O. The normalized spacial score (nSPS) is 30.5. The van der Waals surface area contributed by atoms with Crippen LogP contribution in [0.3, 0.4) is 0 Å². The van der Waals surface area contributed by atoms with Crippen LogP contribution in [0.25, 0.3) is 0 Å². The Morgan fingerprint density at radius 2 is 2.83 bits per heavy atom. The molecule has 0 aromatic heterocycles. The van der Waals surface area contributed by atoms with Gasteiger partial charge in [-0.2, -0.15) is 5.10 Å². The van der Waals surface area contributed by atoms with Gasteiger partial charge in [0, 0.05) is 12.6 Å². The van der Waals surface area contributed by atoms with Crippen LogP contribution in [0.5, 0.6) is 0 Å². The summed E-state index contributed by atoms with van der Waals surface area (Å²) in [6.45, 7) is 0. The highest BCUT2D eigenvalue weighted by atomic mass is 16.3. The van der Waals surface area contributed by atoms with E-state index < -0.39 is 6.23 Å². The fourth-order valence-electron chi connectivity index (χ4n) is 0.344. The second kappa shape index (κ2) is 1.26. The summed E-state index contributed by atoms with van der Waals surface area (Å²) in [6, 6.07) is 0. The number of aliphatic hydroxyl groups excluding tert-OH is 1.